The van der Waals surface area contributed by atoms with Gasteiger partial charge < -0.3 is 10.6 Å². The van der Waals surface area contributed by atoms with E-state index in [2.05, 4.69) is 16.7 Å². The van der Waals surface area contributed by atoms with E-state index in [1.54, 1.807) is 0 Å². The van der Waals surface area contributed by atoms with Gasteiger partial charge in [-0.05, 0) is 49.9 Å². The smallest absolute Gasteiger partial charge is 0.319 e. The van der Waals surface area contributed by atoms with E-state index >= 15 is 0 Å². The lowest BCUT2D eigenvalue weighted by Crippen LogP contribution is -2.47. The molecular weight excluding hydrogens is 233 g/mol. The number of carbonyl (C=O) groups is 1. The molecule has 2 rings (SSSR count). The summed E-state index contributed by atoms with van der Waals surface area (Å²) in [7, 11) is 0. The Morgan fingerprint density at radius 2 is 1.89 bits per heavy atom. The summed E-state index contributed by atoms with van der Waals surface area (Å²) in [5.74, 6) is -0.356. The molecule has 0 saturated heterocycles. The predicted octanol–water partition coefficient (Wildman–Crippen LogP) is 2.78. The lowest BCUT2D eigenvalue weighted by Gasteiger charge is -2.22. The van der Waals surface area contributed by atoms with E-state index in [0.717, 1.165) is 12.8 Å². The minimum Gasteiger partial charge on any atom is -0.319 e. The van der Waals surface area contributed by atoms with Crippen molar-refractivity contribution >= 4 is 11.7 Å². The molecule has 2 amide bonds. The van der Waals surface area contributed by atoms with Gasteiger partial charge in [-0.2, -0.15) is 5.26 Å². The van der Waals surface area contributed by atoms with E-state index in [1.807, 2.05) is 0 Å². The van der Waals surface area contributed by atoms with Crippen molar-refractivity contribution in [1.29, 1.82) is 5.26 Å². The van der Waals surface area contributed by atoms with Crippen molar-refractivity contribution in [1.82, 2.24) is 5.32 Å². The predicted molar refractivity (Wildman–Crippen MR) is 65.4 cm³/mol. The van der Waals surface area contributed by atoms with Gasteiger partial charge in [0, 0.05) is 5.69 Å². The first-order valence-electron chi connectivity index (χ1n) is 5.90. The third-order valence-electron chi connectivity index (χ3n) is 3.13. The zero-order valence-electron chi connectivity index (χ0n) is 9.87. The lowest BCUT2D eigenvalue weighted by molar-refractivity contribution is 0.244. The van der Waals surface area contributed by atoms with E-state index in [4.69, 9.17) is 5.26 Å². The second-order valence-corrected chi connectivity index (χ2v) is 4.49. The summed E-state index contributed by atoms with van der Waals surface area (Å²) in [5, 5.41) is 14.4. The van der Waals surface area contributed by atoms with Gasteiger partial charge in [0.1, 0.15) is 11.4 Å². The quantitative estimate of drug-likeness (QED) is 0.844. The summed E-state index contributed by atoms with van der Waals surface area (Å²) in [5.41, 5.74) is -0.246. The minimum absolute atomic E-state index is 0.356. The van der Waals surface area contributed by atoms with Crippen LogP contribution in [0.2, 0.25) is 0 Å². The van der Waals surface area contributed by atoms with Crippen LogP contribution in [-0.4, -0.2) is 11.6 Å². The van der Waals surface area contributed by atoms with Gasteiger partial charge in [0.05, 0.1) is 6.07 Å². The highest BCUT2D eigenvalue weighted by atomic mass is 19.1. The fourth-order valence-electron chi connectivity index (χ4n) is 2.16. The summed E-state index contributed by atoms with van der Waals surface area (Å²) in [6.45, 7) is 0. The monoisotopic (exact) mass is 247 g/mol. The Bertz CT molecular complexity index is 472. The molecule has 1 aliphatic rings. The minimum atomic E-state index is -0.746. The van der Waals surface area contributed by atoms with Crippen LogP contribution in [0.4, 0.5) is 14.9 Å². The summed E-state index contributed by atoms with van der Waals surface area (Å²) < 4.78 is 12.7. The second kappa shape index (κ2) is 5.05. The van der Waals surface area contributed by atoms with Gasteiger partial charge in [-0.1, -0.05) is 0 Å². The number of amides is 2. The molecule has 94 valence electrons. The SMILES string of the molecule is N#CC1(NC(=O)Nc2ccc(F)cc2)CCCC1. The van der Waals surface area contributed by atoms with Crippen molar-refractivity contribution in [3.8, 4) is 6.07 Å². The van der Waals surface area contributed by atoms with Crippen molar-refractivity contribution in [3.63, 3.8) is 0 Å². The van der Waals surface area contributed by atoms with Gasteiger partial charge in [-0.15, -0.1) is 0 Å². The van der Waals surface area contributed by atoms with Crippen LogP contribution in [0.1, 0.15) is 25.7 Å². The molecule has 1 aromatic rings. The molecule has 0 spiro atoms. The Balaban J connectivity index is 1.96. The molecule has 0 aliphatic heterocycles. The van der Waals surface area contributed by atoms with E-state index in [9.17, 15) is 9.18 Å². The van der Waals surface area contributed by atoms with Crippen LogP contribution < -0.4 is 10.6 Å². The van der Waals surface area contributed by atoms with Crippen LogP contribution in [0.5, 0.6) is 0 Å². The molecule has 0 radical (unpaired) electrons. The van der Waals surface area contributed by atoms with Gasteiger partial charge in [0.2, 0.25) is 0 Å². The summed E-state index contributed by atoms with van der Waals surface area (Å²) in [6, 6.07) is 7.23. The molecule has 18 heavy (non-hydrogen) atoms. The molecule has 0 bridgehead atoms. The molecule has 0 heterocycles. The van der Waals surface area contributed by atoms with Crippen LogP contribution >= 0.6 is 0 Å². The van der Waals surface area contributed by atoms with Gasteiger partial charge in [-0.25, -0.2) is 9.18 Å². The number of carbonyl (C=O) groups excluding carboxylic acids is 1. The van der Waals surface area contributed by atoms with Crippen LogP contribution in [0, 0.1) is 17.1 Å². The molecule has 0 aromatic heterocycles. The van der Waals surface area contributed by atoms with Gasteiger partial charge in [0.25, 0.3) is 0 Å². The first-order valence-corrected chi connectivity index (χ1v) is 5.90. The zero-order valence-corrected chi connectivity index (χ0v) is 9.87. The number of urea groups is 1. The fraction of sp³-hybridized carbons (Fsp3) is 0.385. The van der Waals surface area contributed by atoms with Crippen molar-refractivity contribution in [2.75, 3.05) is 5.32 Å². The molecule has 1 fully saturated rings. The molecule has 0 atom stereocenters. The number of halogens is 1. The number of rotatable bonds is 2. The number of nitrogens with one attached hydrogen (secondary N) is 2. The lowest BCUT2D eigenvalue weighted by atomic mass is 10.0. The normalized spacial score (nSPS) is 16.9. The fourth-order valence-corrected chi connectivity index (χ4v) is 2.16. The number of nitriles is 1. The average Bonchev–Trinajstić information content (AvgIpc) is 2.81. The third-order valence-corrected chi connectivity index (χ3v) is 3.13. The van der Waals surface area contributed by atoms with E-state index in [1.165, 1.54) is 24.3 Å². The first kappa shape index (κ1) is 12.4. The zero-order chi connectivity index (χ0) is 13.0. The Labute approximate surface area is 105 Å². The van der Waals surface area contributed by atoms with E-state index in [-0.39, 0.29) is 5.82 Å². The summed E-state index contributed by atoms with van der Waals surface area (Å²) >= 11 is 0. The standard InChI is InChI=1S/C13H14FN3O/c14-10-3-5-11(6-4-10)16-12(18)17-13(9-15)7-1-2-8-13/h3-6H,1-2,7-8H2,(H2,16,17,18). The molecule has 4 nitrogen and oxygen atoms in total. The van der Waals surface area contributed by atoms with Gasteiger partial charge in [0.15, 0.2) is 0 Å². The topological polar surface area (TPSA) is 64.9 Å². The maximum Gasteiger partial charge on any atom is 0.320 e. The van der Waals surface area contributed by atoms with Crippen LogP contribution in [0.15, 0.2) is 24.3 Å². The van der Waals surface area contributed by atoms with Crippen LogP contribution in [-0.2, 0) is 0 Å². The number of nitrogens with zero attached hydrogens (tertiary/aromatic N) is 1. The largest absolute Gasteiger partial charge is 0.320 e. The average molecular weight is 247 g/mol. The molecule has 1 saturated carbocycles. The number of hydrogen-bond acceptors (Lipinski definition) is 2. The maximum absolute atomic E-state index is 12.7. The van der Waals surface area contributed by atoms with Crippen molar-refractivity contribution in [2.24, 2.45) is 0 Å². The first-order chi connectivity index (χ1) is 8.63. The third kappa shape index (κ3) is 2.77. The van der Waals surface area contributed by atoms with Crippen LogP contribution in [0.3, 0.4) is 0 Å². The van der Waals surface area contributed by atoms with Crippen molar-refractivity contribution in [3.05, 3.63) is 30.1 Å². The number of hydrogen-bond donors (Lipinski definition) is 2. The molecule has 2 N–H and O–H groups in total. The van der Waals surface area contributed by atoms with Crippen molar-refractivity contribution < 1.29 is 9.18 Å². The van der Waals surface area contributed by atoms with Gasteiger partial charge >= 0.3 is 6.03 Å². The summed E-state index contributed by atoms with van der Waals surface area (Å²) in [6.07, 6.45) is 3.26. The highest BCUT2D eigenvalue weighted by Gasteiger charge is 2.35. The molecular formula is C13H14FN3O. The molecule has 1 aromatic carbocycles. The highest BCUT2D eigenvalue weighted by molar-refractivity contribution is 5.90. The Morgan fingerprint density at radius 3 is 2.44 bits per heavy atom. The Hall–Kier alpha value is -2.09. The molecule has 1 aliphatic carbocycles. The van der Waals surface area contributed by atoms with Crippen LogP contribution in [0.25, 0.3) is 0 Å². The Morgan fingerprint density at radius 1 is 1.28 bits per heavy atom. The number of anilines is 1. The second-order valence-electron chi connectivity index (χ2n) is 4.49. The van der Waals surface area contributed by atoms with Crippen molar-refractivity contribution in [2.45, 2.75) is 31.2 Å². The molecule has 5 heteroatoms. The molecule has 0 unspecified atom stereocenters. The van der Waals surface area contributed by atoms with E-state index < -0.39 is 11.6 Å². The maximum atomic E-state index is 12.7. The highest BCUT2D eigenvalue weighted by Crippen LogP contribution is 2.28. The van der Waals surface area contributed by atoms with Gasteiger partial charge in [-0.3, -0.25) is 0 Å². The Kier molecular flexibility index (Phi) is 3.47. The number of benzene rings is 1. The summed E-state index contributed by atoms with van der Waals surface area (Å²) in [4.78, 5) is 11.8. The van der Waals surface area contributed by atoms with E-state index in [0.29, 0.717) is 18.5 Å².